The third kappa shape index (κ3) is 2.45. The van der Waals surface area contributed by atoms with E-state index in [-0.39, 0.29) is 6.23 Å². The molecule has 2 aliphatic heterocycles. The minimum absolute atomic E-state index is 0.343. The molecule has 4 heteroatoms. The van der Waals surface area contributed by atoms with Crippen LogP contribution in [-0.2, 0) is 12.8 Å². The molecule has 1 aromatic heterocycles. The fourth-order valence-electron chi connectivity index (χ4n) is 3.35. The van der Waals surface area contributed by atoms with Crippen LogP contribution in [0.3, 0.4) is 0 Å². The molecule has 0 saturated carbocycles. The maximum absolute atomic E-state index is 9.94. The molecule has 2 atom stereocenters. The Bertz CT molecular complexity index is 415. The van der Waals surface area contributed by atoms with Crippen LogP contribution in [0.5, 0.6) is 0 Å². The van der Waals surface area contributed by atoms with Crippen LogP contribution in [0.4, 0.5) is 0 Å². The van der Waals surface area contributed by atoms with Crippen molar-refractivity contribution >= 4 is 0 Å². The van der Waals surface area contributed by atoms with E-state index in [1.165, 1.54) is 31.6 Å². The molecule has 100 valence electrons. The van der Waals surface area contributed by atoms with E-state index in [0.29, 0.717) is 0 Å². The highest BCUT2D eigenvalue weighted by molar-refractivity contribution is 5.08. The molecule has 0 amide bonds. The fraction of sp³-hybridized carbons (Fsp3) is 0.786. The van der Waals surface area contributed by atoms with E-state index in [9.17, 15) is 5.11 Å². The number of aliphatic hydroxyl groups is 1. The predicted molar refractivity (Wildman–Crippen MR) is 70.3 cm³/mol. The van der Waals surface area contributed by atoms with Crippen LogP contribution in [-0.4, -0.2) is 39.7 Å². The van der Waals surface area contributed by atoms with E-state index in [1.54, 1.807) is 0 Å². The molecule has 2 aliphatic rings. The van der Waals surface area contributed by atoms with Crippen LogP contribution in [0.2, 0.25) is 0 Å². The van der Waals surface area contributed by atoms with Gasteiger partial charge in [0, 0.05) is 19.2 Å². The maximum Gasteiger partial charge on any atom is 0.131 e. The van der Waals surface area contributed by atoms with Crippen molar-refractivity contribution in [2.75, 3.05) is 20.1 Å². The van der Waals surface area contributed by atoms with Crippen LogP contribution in [0.15, 0.2) is 6.20 Å². The van der Waals surface area contributed by atoms with E-state index in [2.05, 4.69) is 18.1 Å². The van der Waals surface area contributed by atoms with Gasteiger partial charge in [-0.25, -0.2) is 4.98 Å². The van der Waals surface area contributed by atoms with E-state index in [4.69, 9.17) is 4.98 Å². The van der Waals surface area contributed by atoms with Gasteiger partial charge in [0.25, 0.3) is 0 Å². The zero-order valence-corrected chi connectivity index (χ0v) is 11.2. The summed E-state index contributed by atoms with van der Waals surface area (Å²) in [6, 6.07) is 0. The highest BCUT2D eigenvalue weighted by atomic mass is 16.3. The molecule has 4 nitrogen and oxygen atoms in total. The van der Waals surface area contributed by atoms with E-state index < -0.39 is 0 Å². The average Bonchev–Trinajstić information content (AvgIpc) is 2.73. The Hall–Kier alpha value is -0.870. The van der Waals surface area contributed by atoms with Gasteiger partial charge in [-0.3, -0.25) is 0 Å². The lowest BCUT2D eigenvalue weighted by Gasteiger charge is -2.29. The van der Waals surface area contributed by atoms with E-state index >= 15 is 0 Å². The molecule has 1 N–H and O–H groups in total. The van der Waals surface area contributed by atoms with Gasteiger partial charge in [-0.05, 0) is 51.6 Å². The summed E-state index contributed by atoms with van der Waals surface area (Å²) in [7, 11) is 2.20. The third-order valence-electron chi connectivity index (χ3n) is 4.26. The number of hydrogen-bond acceptors (Lipinski definition) is 3. The van der Waals surface area contributed by atoms with Crippen LogP contribution in [0, 0.1) is 5.92 Å². The third-order valence-corrected chi connectivity index (χ3v) is 4.26. The Kier molecular flexibility index (Phi) is 3.39. The Morgan fingerprint density at radius 2 is 2.28 bits per heavy atom. The van der Waals surface area contributed by atoms with Crippen molar-refractivity contribution in [1.29, 1.82) is 0 Å². The summed E-state index contributed by atoms with van der Waals surface area (Å²) in [6.07, 6.45) is 8.36. The van der Waals surface area contributed by atoms with Crippen molar-refractivity contribution in [1.82, 2.24) is 14.5 Å². The van der Waals surface area contributed by atoms with Crippen molar-refractivity contribution in [2.24, 2.45) is 5.92 Å². The second kappa shape index (κ2) is 5.02. The molecule has 3 heterocycles. The minimum Gasteiger partial charge on any atom is -0.373 e. The summed E-state index contributed by atoms with van der Waals surface area (Å²) in [6.45, 7) is 2.42. The number of aryl methyl sites for hydroxylation is 1. The normalized spacial score (nSPS) is 29.2. The lowest BCUT2D eigenvalue weighted by Crippen LogP contribution is -2.33. The zero-order valence-electron chi connectivity index (χ0n) is 11.2. The lowest BCUT2D eigenvalue weighted by molar-refractivity contribution is 0.0780. The average molecular weight is 249 g/mol. The highest BCUT2D eigenvalue weighted by Crippen LogP contribution is 2.25. The number of imidazole rings is 1. The van der Waals surface area contributed by atoms with Gasteiger partial charge in [0.05, 0.1) is 5.69 Å². The Labute approximate surface area is 109 Å². The smallest absolute Gasteiger partial charge is 0.131 e. The first-order valence-corrected chi connectivity index (χ1v) is 7.15. The number of aliphatic hydroxyl groups excluding tert-OH is 1. The van der Waals surface area contributed by atoms with Crippen LogP contribution in [0.25, 0.3) is 0 Å². The predicted octanol–water partition coefficient (Wildman–Crippen LogP) is 1.59. The van der Waals surface area contributed by atoms with Gasteiger partial charge in [-0.1, -0.05) is 0 Å². The van der Waals surface area contributed by atoms with Gasteiger partial charge >= 0.3 is 0 Å². The van der Waals surface area contributed by atoms with Crippen LogP contribution < -0.4 is 0 Å². The molecule has 2 unspecified atom stereocenters. The van der Waals surface area contributed by atoms with Crippen LogP contribution in [0.1, 0.15) is 43.4 Å². The Morgan fingerprint density at radius 3 is 3.06 bits per heavy atom. The Morgan fingerprint density at radius 1 is 1.39 bits per heavy atom. The molecule has 0 spiro atoms. The summed E-state index contributed by atoms with van der Waals surface area (Å²) in [5.74, 6) is 1.81. The monoisotopic (exact) mass is 249 g/mol. The highest BCUT2D eigenvalue weighted by Gasteiger charge is 2.22. The molecule has 18 heavy (non-hydrogen) atoms. The summed E-state index contributed by atoms with van der Waals surface area (Å²) in [4.78, 5) is 7.12. The first-order chi connectivity index (χ1) is 8.72. The van der Waals surface area contributed by atoms with Crippen LogP contribution >= 0.6 is 0 Å². The SMILES string of the molecule is CN1CCCC(Cc2cn3c(n2)CCCC3O)C1. The molecule has 0 radical (unpaired) electrons. The van der Waals surface area contributed by atoms with Crippen molar-refractivity contribution in [3.63, 3.8) is 0 Å². The number of fused-ring (bicyclic) bond motifs is 1. The van der Waals surface area contributed by atoms with E-state index in [0.717, 1.165) is 37.4 Å². The van der Waals surface area contributed by atoms with Crippen molar-refractivity contribution in [2.45, 2.75) is 44.8 Å². The second-order valence-corrected chi connectivity index (χ2v) is 5.90. The van der Waals surface area contributed by atoms with Gasteiger partial charge in [-0.2, -0.15) is 0 Å². The van der Waals surface area contributed by atoms with Gasteiger partial charge in [-0.15, -0.1) is 0 Å². The molecular formula is C14H23N3O. The molecule has 1 saturated heterocycles. The molecule has 1 fully saturated rings. The summed E-state index contributed by atoms with van der Waals surface area (Å²) in [5.41, 5.74) is 1.17. The largest absolute Gasteiger partial charge is 0.373 e. The molecular weight excluding hydrogens is 226 g/mol. The second-order valence-electron chi connectivity index (χ2n) is 5.90. The van der Waals surface area contributed by atoms with Gasteiger partial charge in [0.2, 0.25) is 0 Å². The fourth-order valence-corrected chi connectivity index (χ4v) is 3.35. The number of rotatable bonds is 2. The zero-order chi connectivity index (χ0) is 12.5. The van der Waals surface area contributed by atoms with Gasteiger partial charge in [0.1, 0.15) is 12.1 Å². The molecule has 0 aliphatic carbocycles. The number of likely N-dealkylation sites (tertiary alicyclic amines) is 1. The van der Waals surface area contributed by atoms with Crippen molar-refractivity contribution in [3.8, 4) is 0 Å². The van der Waals surface area contributed by atoms with Gasteiger partial charge < -0.3 is 14.6 Å². The minimum atomic E-state index is -0.343. The quantitative estimate of drug-likeness (QED) is 0.865. The molecule has 3 rings (SSSR count). The summed E-state index contributed by atoms with van der Waals surface area (Å²) < 4.78 is 1.98. The number of hydrogen-bond donors (Lipinski definition) is 1. The molecule has 0 aromatic carbocycles. The van der Waals surface area contributed by atoms with Crippen molar-refractivity contribution < 1.29 is 5.11 Å². The first-order valence-electron chi connectivity index (χ1n) is 7.15. The standard InChI is InChI=1S/C14H23N3O/c1-16-7-3-4-11(9-16)8-12-10-17-13(15-12)5-2-6-14(17)18/h10-11,14,18H,2-9H2,1H3. The number of aromatic nitrogens is 2. The van der Waals surface area contributed by atoms with Gasteiger partial charge in [0.15, 0.2) is 0 Å². The topological polar surface area (TPSA) is 41.3 Å². The molecule has 1 aromatic rings. The number of piperidine rings is 1. The lowest BCUT2D eigenvalue weighted by atomic mass is 9.94. The Balaban J connectivity index is 1.69. The maximum atomic E-state index is 9.94. The van der Waals surface area contributed by atoms with Crippen molar-refractivity contribution in [3.05, 3.63) is 17.7 Å². The number of nitrogens with zero attached hydrogens (tertiary/aromatic N) is 3. The molecule has 0 bridgehead atoms. The summed E-state index contributed by atoms with van der Waals surface area (Å²) >= 11 is 0. The summed E-state index contributed by atoms with van der Waals surface area (Å²) in [5, 5.41) is 9.94. The van der Waals surface area contributed by atoms with E-state index in [1.807, 2.05) is 4.57 Å². The first kappa shape index (κ1) is 12.2.